The molecule has 0 aliphatic carbocycles. The van der Waals surface area contributed by atoms with Gasteiger partial charge < -0.3 is 14.7 Å². The normalized spacial score (nSPS) is 20.0. The molecule has 6 heteroatoms. The highest BCUT2D eigenvalue weighted by molar-refractivity contribution is 7.99. The summed E-state index contributed by atoms with van der Waals surface area (Å²) in [5.41, 5.74) is 0.789. The molecule has 114 valence electrons. The molecule has 2 rings (SSSR count). The summed E-state index contributed by atoms with van der Waals surface area (Å²) >= 11 is 1.68. The standard InChI is InChI=1S/C15H19NO4S/c1-20-14(11-5-3-2-4-6-11)15(19)16-7-8-21-10-12(16)9-13(17)18/h2-6,12,14H,7-10H2,1H3,(H,17,18). The number of ether oxygens (including phenoxy) is 1. The fourth-order valence-corrected chi connectivity index (χ4v) is 3.54. The number of hydrogen-bond donors (Lipinski definition) is 1. The number of amides is 1. The van der Waals surface area contributed by atoms with E-state index in [1.54, 1.807) is 16.7 Å². The molecular weight excluding hydrogens is 290 g/mol. The van der Waals surface area contributed by atoms with Crippen molar-refractivity contribution in [2.75, 3.05) is 25.2 Å². The fraction of sp³-hybridized carbons (Fsp3) is 0.467. The van der Waals surface area contributed by atoms with Gasteiger partial charge in [-0.1, -0.05) is 30.3 Å². The summed E-state index contributed by atoms with van der Waals surface area (Å²) in [6, 6.07) is 9.01. The Kier molecular flexibility index (Phi) is 5.64. The Hall–Kier alpha value is -1.53. The molecule has 0 bridgehead atoms. The molecule has 1 aliphatic rings. The van der Waals surface area contributed by atoms with Crippen LogP contribution in [0.25, 0.3) is 0 Å². The van der Waals surface area contributed by atoms with E-state index in [1.807, 2.05) is 30.3 Å². The van der Waals surface area contributed by atoms with E-state index in [0.29, 0.717) is 12.3 Å². The predicted molar refractivity (Wildman–Crippen MR) is 81.3 cm³/mol. The van der Waals surface area contributed by atoms with Crippen LogP contribution in [0, 0.1) is 0 Å². The van der Waals surface area contributed by atoms with Crippen molar-refractivity contribution < 1.29 is 19.4 Å². The van der Waals surface area contributed by atoms with E-state index in [-0.39, 0.29) is 18.4 Å². The first-order chi connectivity index (χ1) is 10.1. The van der Waals surface area contributed by atoms with Crippen LogP contribution in [0.1, 0.15) is 18.1 Å². The van der Waals surface area contributed by atoms with Crippen molar-refractivity contribution in [2.45, 2.75) is 18.6 Å². The van der Waals surface area contributed by atoms with Crippen LogP contribution in [-0.2, 0) is 14.3 Å². The molecule has 1 amide bonds. The largest absolute Gasteiger partial charge is 0.481 e. The van der Waals surface area contributed by atoms with Crippen molar-refractivity contribution in [3.63, 3.8) is 0 Å². The molecule has 0 radical (unpaired) electrons. The van der Waals surface area contributed by atoms with Gasteiger partial charge in [0.15, 0.2) is 6.10 Å². The second-order valence-corrected chi connectivity index (χ2v) is 6.03. The Balaban J connectivity index is 2.16. The van der Waals surface area contributed by atoms with Crippen molar-refractivity contribution >= 4 is 23.6 Å². The second-order valence-electron chi connectivity index (χ2n) is 4.88. The van der Waals surface area contributed by atoms with Gasteiger partial charge in [-0.2, -0.15) is 11.8 Å². The molecule has 1 aromatic carbocycles. The van der Waals surface area contributed by atoms with Crippen LogP contribution < -0.4 is 0 Å². The van der Waals surface area contributed by atoms with Gasteiger partial charge in [0, 0.05) is 25.2 Å². The van der Waals surface area contributed by atoms with Gasteiger partial charge in [-0.3, -0.25) is 9.59 Å². The van der Waals surface area contributed by atoms with Crippen LogP contribution >= 0.6 is 11.8 Å². The molecule has 1 heterocycles. The third kappa shape index (κ3) is 3.98. The van der Waals surface area contributed by atoms with Crippen LogP contribution in [0.2, 0.25) is 0 Å². The average molecular weight is 309 g/mol. The van der Waals surface area contributed by atoms with E-state index in [4.69, 9.17) is 9.84 Å². The third-order valence-electron chi connectivity index (χ3n) is 3.48. The van der Waals surface area contributed by atoms with E-state index in [9.17, 15) is 9.59 Å². The Morgan fingerprint density at radius 3 is 2.76 bits per heavy atom. The van der Waals surface area contributed by atoms with Crippen molar-refractivity contribution in [1.29, 1.82) is 0 Å². The summed E-state index contributed by atoms with van der Waals surface area (Å²) in [5, 5.41) is 9.00. The minimum Gasteiger partial charge on any atom is -0.481 e. The number of nitrogens with zero attached hydrogens (tertiary/aromatic N) is 1. The molecular formula is C15H19NO4S. The molecule has 21 heavy (non-hydrogen) atoms. The van der Waals surface area contributed by atoms with Gasteiger partial charge in [0.1, 0.15) is 0 Å². The third-order valence-corrected chi connectivity index (χ3v) is 4.57. The van der Waals surface area contributed by atoms with Crippen LogP contribution in [0.4, 0.5) is 0 Å². The van der Waals surface area contributed by atoms with Crippen molar-refractivity contribution in [3.8, 4) is 0 Å². The molecule has 2 unspecified atom stereocenters. The lowest BCUT2D eigenvalue weighted by Gasteiger charge is -2.36. The average Bonchev–Trinajstić information content (AvgIpc) is 2.49. The smallest absolute Gasteiger partial charge is 0.305 e. The maximum atomic E-state index is 12.7. The molecule has 1 N–H and O–H groups in total. The zero-order chi connectivity index (χ0) is 15.2. The molecule has 5 nitrogen and oxygen atoms in total. The van der Waals surface area contributed by atoms with Gasteiger partial charge in [0.25, 0.3) is 5.91 Å². The number of methoxy groups -OCH3 is 1. The zero-order valence-electron chi connectivity index (χ0n) is 11.9. The lowest BCUT2D eigenvalue weighted by molar-refractivity contribution is -0.146. The number of carbonyl (C=O) groups excluding carboxylic acids is 1. The lowest BCUT2D eigenvalue weighted by atomic mass is 10.1. The Morgan fingerprint density at radius 2 is 2.14 bits per heavy atom. The Bertz CT molecular complexity index is 494. The molecule has 1 aliphatic heterocycles. The highest BCUT2D eigenvalue weighted by atomic mass is 32.2. The van der Waals surface area contributed by atoms with Crippen molar-refractivity contribution in [2.24, 2.45) is 0 Å². The van der Waals surface area contributed by atoms with E-state index >= 15 is 0 Å². The Labute approximate surface area is 128 Å². The maximum Gasteiger partial charge on any atom is 0.305 e. The van der Waals surface area contributed by atoms with E-state index in [1.165, 1.54) is 7.11 Å². The number of rotatable bonds is 5. The first kappa shape index (κ1) is 15.9. The second kappa shape index (κ2) is 7.47. The number of carboxylic acid groups (broad SMARTS) is 1. The zero-order valence-corrected chi connectivity index (χ0v) is 12.7. The van der Waals surface area contributed by atoms with Crippen LogP contribution in [-0.4, -0.2) is 53.1 Å². The fourth-order valence-electron chi connectivity index (χ4n) is 2.47. The summed E-state index contributed by atoms with van der Waals surface area (Å²) in [7, 11) is 1.50. The van der Waals surface area contributed by atoms with Gasteiger partial charge in [-0.05, 0) is 5.56 Å². The molecule has 2 atom stereocenters. The predicted octanol–water partition coefficient (Wildman–Crippen LogP) is 1.79. The first-order valence-corrected chi connectivity index (χ1v) is 7.96. The molecule has 1 saturated heterocycles. The first-order valence-electron chi connectivity index (χ1n) is 6.81. The SMILES string of the molecule is COC(C(=O)N1CCSCC1CC(=O)O)c1ccccc1. The number of hydrogen-bond acceptors (Lipinski definition) is 4. The van der Waals surface area contributed by atoms with Crippen LogP contribution in [0.5, 0.6) is 0 Å². The molecule has 0 saturated carbocycles. The molecule has 1 fully saturated rings. The van der Waals surface area contributed by atoms with Crippen molar-refractivity contribution in [1.82, 2.24) is 4.90 Å². The monoisotopic (exact) mass is 309 g/mol. The van der Waals surface area contributed by atoms with Gasteiger partial charge >= 0.3 is 5.97 Å². The molecule has 0 aromatic heterocycles. The number of carbonyl (C=O) groups is 2. The summed E-state index contributed by atoms with van der Waals surface area (Å²) < 4.78 is 5.36. The van der Waals surface area contributed by atoms with Gasteiger partial charge in [0.2, 0.25) is 0 Å². The minimum absolute atomic E-state index is 0.0238. The molecule has 0 spiro atoms. The Morgan fingerprint density at radius 1 is 1.43 bits per heavy atom. The van der Waals surface area contributed by atoms with Gasteiger partial charge in [-0.15, -0.1) is 0 Å². The number of thioether (sulfide) groups is 1. The number of benzene rings is 1. The molecule has 1 aromatic rings. The summed E-state index contributed by atoms with van der Waals surface area (Å²) in [5.74, 6) is 0.445. The summed E-state index contributed by atoms with van der Waals surface area (Å²) in [4.78, 5) is 25.3. The summed E-state index contributed by atoms with van der Waals surface area (Å²) in [6.45, 7) is 0.564. The minimum atomic E-state index is -0.881. The van der Waals surface area contributed by atoms with E-state index in [2.05, 4.69) is 0 Å². The highest BCUT2D eigenvalue weighted by Crippen LogP contribution is 2.25. The van der Waals surface area contributed by atoms with E-state index < -0.39 is 12.1 Å². The quantitative estimate of drug-likeness (QED) is 0.898. The number of carboxylic acids is 1. The van der Waals surface area contributed by atoms with Crippen LogP contribution in [0.3, 0.4) is 0 Å². The van der Waals surface area contributed by atoms with Crippen molar-refractivity contribution in [3.05, 3.63) is 35.9 Å². The van der Waals surface area contributed by atoms with Gasteiger partial charge in [0.05, 0.1) is 12.5 Å². The van der Waals surface area contributed by atoms with E-state index in [0.717, 1.165) is 11.3 Å². The number of aliphatic carboxylic acids is 1. The van der Waals surface area contributed by atoms with Gasteiger partial charge in [-0.25, -0.2) is 0 Å². The summed E-state index contributed by atoms with van der Waals surface area (Å²) in [6.07, 6.45) is -0.699. The lowest BCUT2D eigenvalue weighted by Crippen LogP contribution is -2.49. The van der Waals surface area contributed by atoms with Crippen LogP contribution in [0.15, 0.2) is 30.3 Å². The maximum absolute atomic E-state index is 12.7. The highest BCUT2D eigenvalue weighted by Gasteiger charge is 2.33. The topological polar surface area (TPSA) is 66.8 Å².